The molecule has 0 unspecified atom stereocenters. The first-order valence-electron chi connectivity index (χ1n) is 7.49. The van der Waals surface area contributed by atoms with Crippen LogP contribution in [0.1, 0.15) is 25.7 Å². The van der Waals surface area contributed by atoms with E-state index >= 15 is 0 Å². The van der Waals surface area contributed by atoms with E-state index in [1.165, 1.54) is 6.07 Å². The maximum Gasteiger partial charge on any atom is 0.243 e. The first-order chi connectivity index (χ1) is 10.8. The Labute approximate surface area is 135 Å². The highest BCUT2D eigenvalue weighted by atomic mass is 32.2. The molecule has 126 valence electrons. The van der Waals surface area contributed by atoms with E-state index in [1.54, 1.807) is 18.2 Å². The van der Waals surface area contributed by atoms with Gasteiger partial charge in [0.1, 0.15) is 0 Å². The Kier molecular flexibility index (Phi) is 5.59. The summed E-state index contributed by atoms with van der Waals surface area (Å²) in [5.41, 5.74) is 0.819. The molecule has 1 aromatic carbocycles. The second kappa shape index (κ2) is 7.45. The number of amides is 2. The van der Waals surface area contributed by atoms with Crippen LogP contribution in [-0.4, -0.2) is 33.0 Å². The summed E-state index contributed by atoms with van der Waals surface area (Å²) < 4.78 is 24.7. The SMILES string of the molecule is CS(=O)(=O)Nc1cccc(NC(=O)CNC(=O)C2CCCC2)c1. The van der Waals surface area contributed by atoms with E-state index < -0.39 is 10.0 Å². The average molecular weight is 339 g/mol. The van der Waals surface area contributed by atoms with Crippen molar-refractivity contribution in [1.29, 1.82) is 0 Å². The molecule has 7 nitrogen and oxygen atoms in total. The first-order valence-corrected chi connectivity index (χ1v) is 9.38. The molecule has 0 atom stereocenters. The Morgan fingerprint density at radius 3 is 2.48 bits per heavy atom. The molecule has 23 heavy (non-hydrogen) atoms. The van der Waals surface area contributed by atoms with Crippen molar-refractivity contribution in [3.05, 3.63) is 24.3 Å². The standard InChI is InChI=1S/C15H21N3O4S/c1-23(21,22)18-13-8-4-7-12(9-13)17-14(19)10-16-15(20)11-5-2-3-6-11/h4,7-9,11,18H,2-3,5-6,10H2,1H3,(H,16,20)(H,17,19). The van der Waals surface area contributed by atoms with Crippen LogP contribution in [0.2, 0.25) is 0 Å². The van der Waals surface area contributed by atoms with Crippen molar-refractivity contribution < 1.29 is 18.0 Å². The molecule has 3 N–H and O–H groups in total. The van der Waals surface area contributed by atoms with Gasteiger partial charge in [0.25, 0.3) is 0 Å². The summed E-state index contributed by atoms with van der Waals surface area (Å²) in [7, 11) is -3.37. The van der Waals surface area contributed by atoms with Gasteiger partial charge in [-0.25, -0.2) is 8.42 Å². The van der Waals surface area contributed by atoms with E-state index in [4.69, 9.17) is 0 Å². The third-order valence-electron chi connectivity index (χ3n) is 3.60. The van der Waals surface area contributed by atoms with Crippen LogP contribution in [0.4, 0.5) is 11.4 Å². The quantitative estimate of drug-likeness (QED) is 0.726. The molecule has 0 aromatic heterocycles. The lowest BCUT2D eigenvalue weighted by Crippen LogP contribution is -2.36. The number of benzene rings is 1. The monoisotopic (exact) mass is 339 g/mol. The van der Waals surface area contributed by atoms with Crippen LogP contribution in [0, 0.1) is 5.92 Å². The zero-order valence-electron chi connectivity index (χ0n) is 13.0. The van der Waals surface area contributed by atoms with E-state index in [0.717, 1.165) is 31.9 Å². The molecule has 0 saturated heterocycles. The Morgan fingerprint density at radius 1 is 1.17 bits per heavy atom. The smallest absolute Gasteiger partial charge is 0.243 e. The van der Waals surface area contributed by atoms with Crippen molar-refractivity contribution in [1.82, 2.24) is 5.32 Å². The fourth-order valence-electron chi connectivity index (χ4n) is 2.58. The molecule has 0 spiro atoms. The maximum absolute atomic E-state index is 11.9. The molecule has 0 radical (unpaired) electrons. The summed E-state index contributed by atoms with van der Waals surface area (Å²) >= 11 is 0. The van der Waals surface area contributed by atoms with Crippen molar-refractivity contribution in [2.24, 2.45) is 5.92 Å². The van der Waals surface area contributed by atoms with E-state index in [1.807, 2.05) is 0 Å². The topological polar surface area (TPSA) is 104 Å². The van der Waals surface area contributed by atoms with Gasteiger partial charge in [-0.05, 0) is 31.0 Å². The molecular weight excluding hydrogens is 318 g/mol. The number of anilines is 2. The summed E-state index contributed by atoms with van der Waals surface area (Å²) in [5, 5.41) is 5.26. The van der Waals surface area contributed by atoms with Crippen LogP contribution in [-0.2, 0) is 19.6 Å². The zero-order chi connectivity index (χ0) is 16.9. The van der Waals surface area contributed by atoms with Gasteiger partial charge in [-0.2, -0.15) is 0 Å². The molecule has 1 aliphatic rings. The predicted octanol–water partition coefficient (Wildman–Crippen LogP) is 1.30. The Morgan fingerprint density at radius 2 is 1.83 bits per heavy atom. The number of hydrogen-bond donors (Lipinski definition) is 3. The molecule has 0 heterocycles. The van der Waals surface area contributed by atoms with Crippen molar-refractivity contribution >= 4 is 33.2 Å². The third-order valence-corrected chi connectivity index (χ3v) is 4.21. The van der Waals surface area contributed by atoms with Crippen molar-refractivity contribution in [2.75, 3.05) is 22.8 Å². The second-order valence-electron chi connectivity index (χ2n) is 5.70. The van der Waals surface area contributed by atoms with Gasteiger partial charge in [-0.15, -0.1) is 0 Å². The number of carbonyl (C=O) groups is 2. The summed E-state index contributed by atoms with van der Waals surface area (Å²) in [4.78, 5) is 23.7. The van der Waals surface area contributed by atoms with E-state index in [2.05, 4.69) is 15.4 Å². The lowest BCUT2D eigenvalue weighted by atomic mass is 10.1. The average Bonchev–Trinajstić information content (AvgIpc) is 2.97. The van der Waals surface area contributed by atoms with E-state index in [0.29, 0.717) is 11.4 Å². The number of sulfonamides is 1. The maximum atomic E-state index is 11.9. The largest absolute Gasteiger partial charge is 0.347 e. The van der Waals surface area contributed by atoms with Crippen molar-refractivity contribution in [2.45, 2.75) is 25.7 Å². The molecule has 2 rings (SSSR count). The summed E-state index contributed by atoms with van der Waals surface area (Å²) in [6, 6.07) is 6.36. The van der Waals surface area contributed by atoms with Gasteiger partial charge in [0, 0.05) is 11.6 Å². The van der Waals surface area contributed by atoms with Gasteiger partial charge in [0.05, 0.1) is 18.5 Å². The number of nitrogens with one attached hydrogen (secondary N) is 3. The molecule has 1 fully saturated rings. The zero-order valence-corrected chi connectivity index (χ0v) is 13.8. The van der Waals surface area contributed by atoms with Crippen molar-refractivity contribution in [3.8, 4) is 0 Å². The van der Waals surface area contributed by atoms with Crippen LogP contribution in [0.15, 0.2) is 24.3 Å². The Bertz CT molecular complexity index is 682. The van der Waals surface area contributed by atoms with Crippen LogP contribution in [0.25, 0.3) is 0 Å². The normalized spacial score (nSPS) is 15.2. The number of carbonyl (C=O) groups excluding carboxylic acids is 2. The summed E-state index contributed by atoms with van der Waals surface area (Å²) in [6.45, 7) is -0.0981. The van der Waals surface area contributed by atoms with Gasteiger partial charge in [0.15, 0.2) is 0 Å². The molecule has 8 heteroatoms. The highest BCUT2D eigenvalue weighted by molar-refractivity contribution is 7.92. The van der Waals surface area contributed by atoms with Crippen molar-refractivity contribution in [3.63, 3.8) is 0 Å². The van der Waals surface area contributed by atoms with Crippen LogP contribution >= 0.6 is 0 Å². The van der Waals surface area contributed by atoms with Crippen LogP contribution in [0.5, 0.6) is 0 Å². The molecule has 1 aliphatic carbocycles. The van der Waals surface area contributed by atoms with E-state index in [-0.39, 0.29) is 24.3 Å². The Balaban J connectivity index is 1.85. The second-order valence-corrected chi connectivity index (χ2v) is 7.45. The predicted molar refractivity (Wildman–Crippen MR) is 88.5 cm³/mol. The molecule has 0 aliphatic heterocycles. The lowest BCUT2D eigenvalue weighted by molar-refractivity contribution is -0.127. The minimum absolute atomic E-state index is 0.0186. The molecule has 1 aromatic rings. The number of rotatable bonds is 6. The van der Waals surface area contributed by atoms with Gasteiger partial charge >= 0.3 is 0 Å². The van der Waals surface area contributed by atoms with Gasteiger partial charge < -0.3 is 10.6 Å². The summed E-state index contributed by atoms with van der Waals surface area (Å²) in [6.07, 6.45) is 4.94. The fraction of sp³-hybridized carbons (Fsp3) is 0.467. The Hall–Kier alpha value is -2.09. The summed E-state index contributed by atoms with van der Waals surface area (Å²) in [5.74, 6) is -0.414. The van der Waals surface area contributed by atoms with Crippen LogP contribution < -0.4 is 15.4 Å². The minimum atomic E-state index is -3.37. The lowest BCUT2D eigenvalue weighted by Gasteiger charge is -2.11. The van der Waals surface area contributed by atoms with Gasteiger partial charge in [-0.1, -0.05) is 18.9 Å². The van der Waals surface area contributed by atoms with Gasteiger partial charge in [0.2, 0.25) is 21.8 Å². The van der Waals surface area contributed by atoms with E-state index in [9.17, 15) is 18.0 Å². The number of hydrogen-bond acceptors (Lipinski definition) is 4. The minimum Gasteiger partial charge on any atom is -0.347 e. The molecule has 2 amide bonds. The third kappa shape index (κ3) is 5.90. The molecule has 0 bridgehead atoms. The first kappa shape index (κ1) is 17.3. The molecule has 1 saturated carbocycles. The van der Waals surface area contributed by atoms with Gasteiger partial charge in [-0.3, -0.25) is 14.3 Å². The fourth-order valence-corrected chi connectivity index (χ4v) is 3.13. The highest BCUT2D eigenvalue weighted by Crippen LogP contribution is 2.24. The van der Waals surface area contributed by atoms with Crippen LogP contribution in [0.3, 0.4) is 0 Å². The highest BCUT2D eigenvalue weighted by Gasteiger charge is 2.22. The molecular formula is C15H21N3O4S.